The van der Waals surface area contributed by atoms with Gasteiger partial charge in [-0.25, -0.2) is 0 Å². The second-order valence-electron chi connectivity index (χ2n) is 12.9. The molecule has 0 amide bonds. The number of rotatable bonds is 4. The zero-order valence-corrected chi connectivity index (χ0v) is 27.2. The Hall–Kier alpha value is -7.05. The Kier molecular flexibility index (Phi) is 5.86. The summed E-state index contributed by atoms with van der Waals surface area (Å²) in [4.78, 5) is 15.8. The van der Waals surface area contributed by atoms with E-state index in [-0.39, 0.29) is 0 Å². The lowest BCUT2D eigenvalue weighted by molar-refractivity contribution is 0.669. The van der Waals surface area contributed by atoms with Gasteiger partial charge < -0.3 is 4.42 Å². The SMILES string of the molecule is c1ccc(-c2ccc3c(c2)c2ccccc2n3-c2nc(-c3ccc4oc5ccccc5c4c3)nc(-n3c4ccccc4c4ccccc43)n2)cc1. The molecule has 51 heavy (non-hydrogen) atoms. The van der Waals surface area contributed by atoms with Crippen LogP contribution in [0.25, 0.3) is 100.0 Å². The summed E-state index contributed by atoms with van der Waals surface area (Å²) in [5, 5.41) is 6.65. The number of hydrogen-bond donors (Lipinski definition) is 0. The fraction of sp³-hybridized carbons (Fsp3) is 0. The standard InChI is InChI=1S/C45H27N5O/c1-2-12-28(13-3-1)29-22-24-40-35(26-29)33-16-6-10-20-39(33)50(40)45-47-43(30-23-25-42-36(27-30)34-17-7-11-21-41(34)51-42)46-44(48-45)49-37-18-8-4-14-31(37)32-15-5-9-19-38(32)49/h1-27H. The van der Waals surface area contributed by atoms with Gasteiger partial charge in [0.2, 0.25) is 11.9 Å². The molecule has 7 aromatic carbocycles. The molecule has 0 saturated heterocycles. The van der Waals surface area contributed by atoms with Crippen LogP contribution in [0.1, 0.15) is 0 Å². The fourth-order valence-corrected chi connectivity index (χ4v) is 7.68. The van der Waals surface area contributed by atoms with Gasteiger partial charge in [0.25, 0.3) is 0 Å². The van der Waals surface area contributed by atoms with Crippen LogP contribution in [-0.2, 0) is 0 Å². The van der Waals surface area contributed by atoms with E-state index >= 15 is 0 Å². The predicted octanol–water partition coefficient (Wildman–Crippen LogP) is 11.3. The highest BCUT2D eigenvalue weighted by Gasteiger charge is 2.21. The molecule has 0 atom stereocenters. The zero-order chi connectivity index (χ0) is 33.5. The maximum absolute atomic E-state index is 6.18. The minimum absolute atomic E-state index is 0.549. The van der Waals surface area contributed by atoms with Gasteiger partial charge in [0, 0.05) is 37.9 Å². The molecule has 4 heterocycles. The summed E-state index contributed by atoms with van der Waals surface area (Å²) < 4.78 is 10.5. The molecule has 0 spiro atoms. The van der Waals surface area contributed by atoms with Crippen molar-refractivity contribution >= 4 is 65.6 Å². The van der Waals surface area contributed by atoms with Gasteiger partial charge in [-0.2, -0.15) is 15.0 Å². The van der Waals surface area contributed by atoms with Crippen molar-refractivity contribution in [2.45, 2.75) is 0 Å². The summed E-state index contributed by atoms with van der Waals surface area (Å²) in [7, 11) is 0. The number of furan rings is 1. The summed E-state index contributed by atoms with van der Waals surface area (Å²) in [5.41, 5.74) is 9.02. The first-order chi connectivity index (χ1) is 25.3. The van der Waals surface area contributed by atoms with Gasteiger partial charge in [0.1, 0.15) is 11.2 Å². The van der Waals surface area contributed by atoms with Crippen LogP contribution >= 0.6 is 0 Å². The molecule has 6 heteroatoms. The lowest BCUT2D eigenvalue weighted by Crippen LogP contribution is -2.10. The van der Waals surface area contributed by atoms with Crippen molar-refractivity contribution in [3.05, 3.63) is 164 Å². The van der Waals surface area contributed by atoms with Gasteiger partial charge in [0.05, 0.1) is 22.1 Å². The van der Waals surface area contributed by atoms with E-state index in [1.165, 1.54) is 5.56 Å². The maximum Gasteiger partial charge on any atom is 0.240 e. The maximum atomic E-state index is 6.18. The lowest BCUT2D eigenvalue weighted by Gasteiger charge is -2.13. The van der Waals surface area contributed by atoms with Crippen LogP contribution in [0.4, 0.5) is 0 Å². The van der Waals surface area contributed by atoms with Crippen LogP contribution in [0, 0.1) is 0 Å². The third-order valence-corrected chi connectivity index (χ3v) is 10.0. The monoisotopic (exact) mass is 653 g/mol. The largest absolute Gasteiger partial charge is 0.456 e. The molecule has 0 aliphatic carbocycles. The Morgan fingerprint density at radius 3 is 1.49 bits per heavy atom. The van der Waals surface area contributed by atoms with Crippen LogP contribution < -0.4 is 0 Å². The van der Waals surface area contributed by atoms with Crippen molar-refractivity contribution in [3.8, 4) is 34.4 Å². The van der Waals surface area contributed by atoms with E-state index in [4.69, 9.17) is 19.4 Å². The molecule has 0 aliphatic heterocycles. The van der Waals surface area contributed by atoms with Crippen LogP contribution in [-0.4, -0.2) is 24.1 Å². The third kappa shape index (κ3) is 4.20. The molecule has 238 valence electrons. The lowest BCUT2D eigenvalue weighted by atomic mass is 10.0. The van der Waals surface area contributed by atoms with E-state index in [0.29, 0.717) is 17.7 Å². The summed E-state index contributed by atoms with van der Waals surface area (Å²) in [6.07, 6.45) is 0. The highest BCUT2D eigenvalue weighted by molar-refractivity contribution is 6.11. The van der Waals surface area contributed by atoms with Crippen molar-refractivity contribution in [2.75, 3.05) is 0 Å². The zero-order valence-electron chi connectivity index (χ0n) is 27.2. The number of para-hydroxylation sites is 4. The number of aromatic nitrogens is 5. The Balaban J connectivity index is 1.22. The average molecular weight is 654 g/mol. The van der Waals surface area contributed by atoms with Crippen LogP contribution in [0.5, 0.6) is 0 Å². The van der Waals surface area contributed by atoms with Crippen LogP contribution in [0.2, 0.25) is 0 Å². The first kappa shape index (κ1) is 27.9. The predicted molar refractivity (Wildman–Crippen MR) is 207 cm³/mol. The molecule has 0 aliphatic rings. The minimum atomic E-state index is 0.549. The van der Waals surface area contributed by atoms with E-state index in [1.807, 2.05) is 36.4 Å². The normalized spacial score (nSPS) is 11.9. The first-order valence-electron chi connectivity index (χ1n) is 17.0. The van der Waals surface area contributed by atoms with Gasteiger partial charge in [-0.05, 0) is 65.7 Å². The number of fused-ring (bicyclic) bond motifs is 9. The van der Waals surface area contributed by atoms with E-state index in [1.54, 1.807) is 0 Å². The highest BCUT2D eigenvalue weighted by Crippen LogP contribution is 2.37. The summed E-state index contributed by atoms with van der Waals surface area (Å²) in [6.45, 7) is 0. The van der Waals surface area contributed by atoms with E-state index in [0.717, 1.165) is 76.7 Å². The Labute approximate surface area is 291 Å². The Bertz CT molecular complexity index is 3100. The van der Waals surface area contributed by atoms with Gasteiger partial charge in [-0.3, -0.25) is 9.13 Å². The van der Waals surface area contributed by atoms with E-state index < -0.39 is 0 Å². The summed E-state index contributed by atoms with van der Waals surface area (Å²) in [5.74, 6) is 1.68. The molecule has 0 radical (unpaired) electrons. The molecule has 4 aromatic heterocycles. The van der Waals surface area contributed by atoms with Crippen molar-refractivity contribution in [1.29, 1.82) is 0 Å². The third-order valence-electron chi connectivity index (χ3n) is 10.0. The molecule has 11 rings (SSSR count). The van der Waals surface area contributed by atoms with Crippen molar-refractivity contribution in [3.63, 3.8) is 0 Å². The molecular formula is C45H27N5O. The van der Waals surface area contributed by atoms with Crippen LogP contribution in [0.15, 0.2) is 168 Å². The van der Waals surface area contributed by atoms with E-state index in [2.05, 4.69) is 137 Å². The molecule has 0 saturated carbocycles. The molecule has 0 fully saturated rings. The number of benzene rings is 7. The smallest absolute Gasteiger partial charge is 0.240 e. The van der Waals surface area contributed by atoms with Crippen molar-refractivity contribution in [1.82, 2.24) is 24.1 Å². The van der Waals surface area contributed by atoms with Crippen molar-refractivity contribution in [2.24, 2.45) is 0 Å². The molecule has 0 N–H and O–H groups in total. The van der Waals surface area contributed by atoms with Gasteiger partial charge in [-0.15, -0.1) is 0 Å². The molecule has 6 nitrogen and oxygen atoms in total. The average Bonchev–Trinajstić information content (AvgIpc) is 3.85. The highest BCUT2D eigenvalue weighted by atomic mass is 16.3. The summed E-state index contributed by atoms with van der Waals surface area (Å²) >= 11 is 0. The van der Waals surface area contributed by atoms with Gasteiger partial charge in [0.15, 0.2) is 5.82 Å². The molecule has 11 aromatic rings. The number of nitrogens with zero attached hydrogens (tertiary/aromatic N) is 5. The molecular weight excluding hydrogens is 627 g/mol. The van der Waals surface area contributed by atoms with E-state index in [9.17, 15) is 0 Å². The van der Waals surface area contributed by atoms with Crippen molar-refractivity contribution < 1.29 is 4.42 Å². The molecule has 0 bridgehead atoms. The van der Waals surface area contributed by atoms with Gasteiger partial charge >= 0.3 is 0 Å². The quantitative estimate of drug-likeness (QED) is 0.190. The first-order valence-corrected chi connectivity index (χ1v) is 17.0. The summed E-state index contributed by atoms with van der Waals surface area (Å²) in [6, 6.07) is 56.8. The van der Waals surface area contributed by atoms with Crippen LogP contribution in [0.3, 0.4) is 0 Å². The minimum Gasteiger partial charge on any atom is -0.456 e. The Morgan fingerprint density at radius 2 is 0.824 bits per heavy atom. The second-order valence-corrected chi connectivity index (χ2v) is 12.9. The topological polar surface area (TPSA) is 61.7 Å². The number of hydrogen-bond acceptors (Lipinski definition) is 4. The Morgan fingerprint density at radius 1 is 0.333 bits per heavy atom. The van der Waals surface area contributed by atoms with Gasteiger partial charge in [-0.1, -0.05) is 109 Å². The fourth-order valence-electron chi connectivity index (χ4n) is 7.68. The molecule has 0 unspecified atom stereocenters. The second kappa shape index (κ2) is 10.7.